The van der Waals surface area contributed by atoms with Crippen molar-refractivity contribution in [2.24, 2.45) is 5.92 Å². The van der Waals surface area contributed by atoms with Gasteiger partial charge in [0.15, 0.2) is 0 Å². The Bertz CT molecular complexity index is 366. The molecule has 0 saturated heterocycles. The summed E-state index contributed by atoms with van der Waals surface area (Å²) in [5.74, 6) is -0.261. The van der Waals surface area contributed by atoms with Crippen molar-refractivity contribution in [3.63, 3.8) is 0 Å². The van der Waals surface area contributed by atoms with E-state index in [-0.39, 0.29) is 12.1 Å². The van der Waals surface area contributed by atoms with Gasteiger partial charge in [0, 0.05) is 13.1 Å². The maximum absolute atomic E-state index is 12.2. The van der Waals surface area contributed by atoms with E-state index < -0.39 is 11.5 Å². The number of amides is 2. The minimum absolute atomic E-state index is 0.235. The Morgan fingerprint density at radius 3 is 2.42 bits per heavy atom. The maximum Gasteiger partial charge on any atom is 0.329 e. The van der Waals surface area contributed by atoms with Crippen LogP contribution in [0.2, 0.25) is 0 Å². The van der Waals surface area contributed by atoms with Gasteiger partial charge in [0.2, 0.25) is 0 Å². The Labute approximate surface area is 114 Å². The predicted molar refractivity (Wildman–Crippen MR) is 71.9 cm³/mol. The molecule has 2 amide bonds. The highest BCUT2D eigenvalue weighted by Gasteiger charge is 2.46. The number of hydrogen-bond acceptors (Lipinski definition) is 2. The fraction of sp³-hybridized carbons (Fsp3) is 0.857. The quantitative estimate of drug-likeness (QED) is 0.824. The van der Waals surface area contributed by atoms with Gasteiger partial charge in [0.1, 0.15) is 5.54 Å². The Kier molecular flexibility index (Phi) is 4.02. The molecule has 2 rings (SSSR count). The predicted octanol–water partition coefficient (Wildman–Crippen LogP) is 2.21. The molecule has 2 unspecified atom stereocenters. The second kappa shape index (κ2) is 5.39. The zero-order valence-electron chi connectivity index (χ0n) is 11.8. The van der Waals surface area contributed by atoms with Crippen LogP contribution in [0.1, 0.15) is 51.9 Å². The lowest BCUT2D eigenvalue weighted by molar-refractivity contribution is -0.148. The van der Waals surface area contributed by atoms with Gasteiger partial charge in [-0.15, -0.1) is 0 Å². The zero-order chi connectivity index (χ0) is 14.0. The lowest BCUT2D eigenvalue weighted by Crippen LogP contribution is -2.62. The average molecular weight is 268 g/mol. The molecular weight excluding hydrogens is 244 g/mol. The fourth-order valence-corrected chi connectivity index (χ4v) is 3.14. The van der Waals surface area contributed by atoms with E-state index in [0.29, 0.717) is 18.8 Å². The molecule has 2 saturated carbocycles. The van der Waals surface area contributed by atoms with E-state index in [2.05, 4.69) is 12.2 Å². The van der Waals surface area contributed by atoms with Crippen molar-refractivity contribution in [3.05, 3.63) is 0 Å². The maximum atomic E-state index is 12.2. The average Bonchev–Trinajstić information content (AvgIpc) is 2.32. The van der Waals surface area contributed by atoms with Gasteiger partial charge in [0.25, 0.3) is 0 Å². The van der Waals surface area contributed by atoms with Crippen LogP contribution in [0.4, 0.5) is 4.79 Å². The van der Waals surface area contributed by atoms with E-state index in [1.54, 1.807) is 11.9 Å². The number of hydrogen-bond donors (Lipinski definition) is 2. The fourth-order valence-electron chi connectivity index (χ4n) is 3.14. The lowest BCUT2D eigenvalue weighted by atomic mass is 9.77. The third-order valence-corrected chi connectivity index (χ3v) is 4.74. The standard InChI is InChI=1S/C14H24N2O3/c1-10-5-3-6-11(9-10)16(2)13(19)15-14(12(17)18)7-4-8-14/h10-11H,3-9H2,1-2H3,(H,15,19)(H,17,18). The largest absolute Gasteiger partial charge is 0.480 e. The molecule has 2 aliphatic rings. The molecule has 0 heterocycles. The molecule has 2 aliphatic carbocycles. The van der Waals surface area contributed by atoms with Crippen LogP contribution in [0.5, 0.6) is 0 Å². The Morgan fingerprint density at radius 2 is 1.95 bits per heavy atom. The summed E-state index contributed by atoms with van der Waals surface area (Å²) in [6.07, 6.45) is 6.37. The molecule has 0 aromatic rings. The molecule has 0 radical (unpaired) electrons. The number of nitrogens with zero attached hydrogens (tertiary/aromatic N) is 1. The van der Waals surface area contributed by atoms with Gasteiger partial charge in [-0.3, -0.25) is 0 Å². The summed E-state index contributed by atoms with van der Waals surface area (Å²) < 4.78 is 0. The van der Waals surface area contributed by atoms with Crippen LogP contribution in [-0.4, -0.2) is 40.6 Å². The molecular formula is C14H24N2O3. The SMILES string of the molecule is CC1CCCC(N(C)C(=O)NC2(C(=O)O)CCC2)C1. The van der Waals surface area contributed by atoms with Crippen molar-refractivity contribution in [2.45, 2.75) is 63.5 Å². The molecule has 5 nitrogen and oxygen atoms in total. The highest BCUT2D eigenvalue weighted by molar-refractivity contribution is 5.87. The van der Waals surface area contributed by atoms with Crippen LogP contribution < -0.4 is 5.32 Å². The van der Waals surface area contributed by atoms with Gasteiger partial charge in [-0.05, 0) is 38.0 Å². The Balaban J connectivity index is 1.93. The first-order valence-corrected chi connectivity index (χ1v) is 7.23. The van der Waals surface area contributed by atoms with Crippen LogP contribution in [-0.2, 0) is 4.79 Å². The molecule has 0 aromatic heterocycles. The van der Waals surface area contributed by atoms with Crippen molar-refractivity contribution in [2.75, 3.05) is 7.05 Å². The van der Waals surface area contributed by atoms with Crippen LogP contribution in [0.25, 0.3) is 0 Å². The summed E-state index contributed by atoms with van der Waals surface area (Å²) in [6, 6.07) is 0.0101. The normalized spacial score (nSPS) is 29.2. The number of carboxylic acids is 1. The van der Waals surface area contributed by atoms with E-state index in [0.717, 1.165) is 25.7 Å². The van der Waals surface area contributed by atoms with Crippen molar-refractivity contribution in [1.82, 2.24) is 10.2 Å². The lowest BCUT2D eigenvalue weighted by Gasteiger charge is -2.41. The third kappa shape index (κ3) is 2.85. The van der Waals surface area contributed by atoms with Crippen molar-refractivity contribution >= 4 is 12.0 Å². The number of carboxylic acid groups (broad SMARTS) is 1. The summed E-state index contributed by atoms with van der Waals surface area (Å²) >= 11 is 0. The Morgan fingerprint density at radius 1 is 1.26 bits per heavy atom. The summed E-state index contributed by atoms with van der Waals surface area (Å²) in [4.78, 5) is 25.2. The smallest absolute Gasteiger partial charge is 0.329 e. The molecule has 2 N–H and O–H groups in total. The number of urea groups is 1. The van der Waals surface area contributed by atoms with Gasteiger partial charge >= 0.3 is 12.0 Å². The molecule has 0 spiro atoms. The van der Waals surface area contributed by atoms with Crippen LogP contribution in [0.3, 0.4) is 0 Å². The van der Waals surface area contributed by atoms with Crippen LogP contribution in [0, 0.1) is 5.92 Å². The summed E-state index contributed by atoms with van der Waals surface area (Å²) in [7, 11) is 1.78. The molecule has 0 aromatic carbocycles. The summed E-state index contributed by atoms with van der Waals surface area (Å²) in [5.41, 5.74) is -1.01. The monoisotopic (exact) mass is 268 g/mol. The van der Waals surface area contributed by atoms with Crippen LogP contribution in [0.15, 0.2) is 0 Å². The molecule has 0 aliphatic heterocycles. The number of carbonyl (C=O) groups excluding carboxylic acids is 1. The number of carbonyl (C=O) groups is 2. The molecule has 2 fully saturated rings. The van der Waals surface area contributed by atoms with Gasteiger partial charge in [0.05, 0.1) is 0 Å². The zero-order valence-corrected chi connectivity index (χ0v) is 11.8. The first-order valence-electron chi connectivity index (χ1n) is 7.23. The third-order valence-electron chi connectivity index (χ3n) is 4.74. The van der Waals surface area contributed by atoms with E-state index in [9.17, 15) is 14.7 Å². The molecule has 19 heavy (non-hydrogen) atoms. The summed E-state index contributed by atoms with van der Waals surface area (Å²) in [6.45, 7) is 2.21. The van der Waals surface area contributed by atoms with Crippen molar-refractivity contribution in [3.8, 4) is 0 Å². The second-order valence-electron chi connectivity index (χ2n) is 6.21. The molecule has 2 atom stereocenters. The van der Waals surface area contributed by atoms with E-state index in [4.69, 9.17) is 0 Å². The number of rotatable bonds is 3. The highest BCUT2D eigenvalue weighted by atomic mass is 16.4. The van der Waals surface area contributed by atoms with E-state index in [1.165, 1.54) is 6.42 Å². The second-order valence-corrected chi connectivity index (χ2v) is 6.21. The van der Waals surface area contributed by atoms with Crippen LogP contribution >= 0.6 is 0 Å². The minimum atomic E-state index is -1.01. The summed E-state index contributed by atoms with van der Waals surface area (Å²) in [5, 5.41) is 12.0. The first kappa shape index (κ1) is 14.2. The van der Waals surface area contributed by atoms with E-state index in [1.807, 2.05) is 0 Å². The topological polar surface area (TPSA) is 69.6 Å². The first-order chi connectivity index (χ1) is 8.94. The van der Waals surface area contributed by atoms with Crippen molar-refractivity contribution in [1.29, 1.82) is 0 Å². The van der Waals surface area contributed by atoms with E-state index >= 15 is 0 Å². The van der Waals surface area contributed by atoms with Gasteiger partial charge in [-0.2, -0.15) is 0 Å². The minimum Gasteiger partial charge on any atom is -0.480 e. The van der Waals surface area contributed by atoms with Gasteiger partial charge in [-0.1, -0.05) is 19.8 Å². The van der Waals surface area contributed by atoms with Gasteiger partial charge in [-0.25, -0.2) is 9.59 Å². The highest BCUT2D eigenvalue weighted by Crippen LogP contribution is 2.33. The molecule has 0 bridgehead atoms. The van der Waals surface area contributed by atoms with Gasteiger partial charge < -0.3 is 15.3 Å². The number of aliphatic carboxylic acids is 1. The molecule has 108 valence electrons. The molecule has 5 heteroatoms. The number of nitrogens with one attached hydrogen (secondary N) is 1. The van der Waals surface area contributed by atoms with Crippen molar-refractivity contribution < 1.29 is 14.7 Å². The Hall–Kier alpha value is -1.26.